The lowest BCUT2D eigenvalue weighted by atomic mass is 10.2. The van der Waals surface area contributed by atoms with Crippen molar-refractivity contribution in [3.05, 3.63) is 24.3 Å². The summed E-state index contributed by atoms with van der Waals surface area (Å²) < 4.78 is 7.82. The number of rotatable bonds is 8. The van der Waals surface area contributed by atoms with E-state index in [0.29, 0.717) is 30.5 Å². The first-order valence-corrected chi connectivity index (χ1v) is 10.4. The Bertz CT molecular complexity index is 753. The van der Waals surface area contributed by atoms with Crippen LogP contribution in [0.3, 0.4) is 0 Å². The number of phenolic OH excluding ortho intramolecular Hbond substituents is 1. The molecule has 7 nitrogen and oxygen atoms in total. The number of carbonyl (C=O) groups excluding carboxylic acids is 1. The Morgan fingerprint density at radius 2 is 2.04 bits per heavy atom. The fourth-order valence-electron chi connectivity index (χ4n) is 3.17. The molecule has 1 fully saturated rings. The Hall–Kier alpha value is -2.06. The quantitative estimate of drug-likeness (QED) is 0.698. The summed E-state index contributed by atoms with van der Waals surface area (Å²) in [5.74, 6) is 1.37. The smallest absolute Gasteiger partial charge is 0.233 e. The Morgan fingerprint density at radius 1 is 1.30 bits per heavy atom. The van der Waals surface area contributed by atoms with Crippen LogP contribution >= 0.6 is 11.8 Å². The molecule has 1 atom stereocenters. The highest BCUT2D eigenvalue weighted by atomic mass is 32.2. The molecule has 1 amide bonds. The molecule has 1 N–H and O–H groups in total. The molecule has 0 bridgehead atoms. The summed E-state index contributed by atoms with van der Waals surface area (Å²) in [6, 6.07) is 6.91. The van der Waals surface area contributed by atoms with Crippen molar-refractivity contribution < 1.29 is 14.6 Å². The van der Waals surface area contributed by atoms with E-state index in [1.165, 1.54) is 11.8 Å². The molecule has 0 saturated carbocycles. The molecule has 0 aliphatic carbocycles. The number of aromatic nitrogens is 3. The average molecular weight is 391 g/mol. The number of thioether (sulfide) groups is 1. The molecule has 2 aromatic rings. The summed E-state index contributed by atoms with van der Waals surface area (Å²) >= 11 is 1.41. The Labute approximate surface area is 163 Å². The molecular weight excluding hydrogens is 364 g/mol. The van der Waals surface area contributed by atoms with Gasteiger partial charge in [0.25, 0.3) is 0 Å². The number of amides is 1. The van der Waals surface area contributed by atoms with E-state index in [1.54, 1.807) is 12.1 Å². The third-order valence-corrected chi connectivity index (χ3v) is 5.64. The highest BCUT2D eigenvalue weighted by Gasteiger charge is 2.22. The molecule has 146 valence electrons. The number of nitrogens with zero attached hydrogens (tertiary/aromatic N) is 4. The van der Waals surface area contributed by atoms with Gasteiger partial charge in [-0.1, -0.05) is 11.8 Å². The summed E-state index contributed by atoms with van der Waals surface area (Å²) in [5, 5.41) is 18.9. The van der Waals surface area contributed by atoms with Gasteiger partial charge in [0.15, 0.2) is 11.0 Å². The lowest BCUT2D eigenvalue weighted by Gasteiger charge is -2.18. The van der Waals surface area contributed by atoms with Gasteiger partial charge in [0.2, 0.25) is 5.91 Å². The van der Waals surface area contributed by atoms with Gasteiger partial charge in [-0.25, -0.2) is 0 Å². The van der Waals surface area contributed by atoms with Gasteiger partial charge in [-0.3, -0.25) is 9.36 Å². The molecular formula is C19H26N4O3S. The second kappa shape index (κ2) is 9.23. The molecule has 1 aliphatic rings. The fourth-order valence-corrected chi connectivity index (χ4v) is 4.02. The largest absolute Gasteiger partial charge is 0.508 e. The van der Waals surface area contributed by atoms with Crippen molar-refractivity contribution in [3.8, 4) is 17.1 Å². The predicted octanol–water partition coefficient (Wildman–Crippen LogP) is 2.79. The van der Waals surface area contributed by atoms with E-state index < -0.39 is 0 Å². The van der Waals surface area contributed by atoms with Crippen molar-refractivity contribution >= 4 is 17.7 Å². The first-order valence-electron chi connectivity index (χ1n) is 9.37. The number of ether oxygens (including phenoxy) is 1. The average Bonchev–Trinajstić information content (AvgIpc) is 3.32. The number of phenols is 1. The van der Waals surface area contributed by atoms with Crippen LogP contribution in [0.4, 0.5) is 0 Å². The van der Waals surface area contributed by atoms with E-state index in [0.717, 1.165) is 30.8 Å². The van der Waals surface area contributed by atoms with Gasteiger partial charge in [-0.05, 0) is 51.0 Å². The Kier molecular flexibility index (Phi) is 6.73. The second-order valence-electron chi connectivity index (χ2n) is 6.45. The van der Waals surface area contributed by atoms with Crippen LogP contribution in [0.15, 0.2) is 29.4 Å². The molecule has 0 radical (unpaired) electrons. The van der Waals surface area contributed by atoms with Gasteiger partial charge < -0.3 is 14.7 Å². The molecule has 3 rings (SSSR count). The molecule has 1 aromatic heterocycles. The number of benzene rings is 1. The van der Waals surface area contributed by atoms with Crippen molar-refractivity contribution in [2.75, 3.05) is 25.4 Å². The van der Waals surface area contributed by atoms with Crippen molar-refractivity contribution in [3.63, 3.8) is 0 Å². The van der Waals surface area contributed by atoms with E-state index >= 15 is 0 Å². The fraction of sp³-hybridized carbons (Fsp3) is 0.526. The van der Waals surface area contributed by atoms with E-state index in [1.807, 2.05) is 35.4 Å². The van der Waals surface area contributed by atoms with Crippen LogP contribution in [0, 0.1) is 0 Å². The van der Waals surface area contributed by atoms with Gasteiger partial charge >= 0.3 is 0 Å². The van der Waals surface area contributed by atoms with Crippen LogP contribution < -0.4 is 0 Å². The zero-order valence-corrected chi connectivity index (χ0v) is 16.6. The maximum Gasteiger partial charge on any atom is 0.233 e. The summed E-state index contributed by atoms with van der Waals surface area (Å²) in [4.78, 5) is 14.2. The molecule has 1 aliphatic heterocycles. The van der Waals surface area contributed by atoms with E-state index in [-0.39, 0.29) is 17.8 Å². The molecule has 8 heteroatoms. The highest BCUT2D eigenvalue weighted by molar-refractivity contribution is 7.99. The van der Waals surface area contributed by atoms with Crippen LogP contribution in [-0.2, 0) is 16.1 Å². The van der Waals surface area contributed by atoms with Gasteiger partial charge in [-0.2, -0.15) is 0 Å². The highest BCUT2D eigenvalue weighted by Crippen LogP contribution is 2.27. The Balaban J connectivity index is 1.82. The summed E-state index contributed by atoms with van der Waals surface area (Å²) in [5.41, 5.74) is 0.875. The van der Waals surface area contributed by atoms with Crippen LogP contribution in [0.2, 0.25) is 0 Å². The van der Waals surface area contributed by atoms with Gasteiger partial charge in [0.1, 0.15) is 5.75 Å². The van der Waals surface area contributed by atoms with Crippen LogP contribution in [-0.4, -0.2) is 62.2 Å². The minimum absolute atomic E-state index is 0.0999. The zero-order valence-electron chi connectivity index (χ0n) is 15.8. The topological polar surface area (TPSA) is 80.5 Å². The van der Waals surface area contributed by atoms with Crippen molar-refractivity contribution in [2.45, 2.75) is 44.5 Å². The lowest BCUT2D eigenvalue weighted by Crippen LogP contribution is -2.32. The SMILES string of the molecule is CCN(CC)C(=O)CSc1nnc(-c2ccc(O)cc2)n1C[C@H]1CCCO1. The minimum atomic E-state index is 0.0999. The monoisotopic (exact) mass is 390 g/mol. The molecule has 0 spiro atoms. The van der Waals surface area contributed by atoms with Crippen LogP contribution in [0.1, 0.15) is 26.7 Å². The second-order valence-corrected chi connectivity index (χ2v) is 7.40. The number of aromatic hydroxyl groups is 1. The molecule has 1 aromatic carbocycles. The summed E-state index contributed by atoms with van der Waals surface area (Å²) in [7, 11) is 0. The standard InChI is InChI=1S/C19H26N4O3S/c1-3-22(4-2)17(25)13-27-19-21-20-18(14-7-9-15(24)10-8-14)23(19)12-16-6-5-11-26-16/h7-10,16,24H,3-6,11-13H2,1-2H3/t16-/m1/s1. The van der Waals surface area contributed by atoms with E-state index in [4.69, 9.17) is 4.74 Å². The van der Waals surface area contributed by atoms with Crippen molar-refractivity contribution in [1.29, 1.82) is 0 Å². The van der Waals surface area contributed by atoms with Gasteiger partial charge in [0, 0.05) is 25.3 Å². The van der Waals surface area contributed by atoms with E-state index in [2.05, 4.69) is 10.2 Å². The first-order chi connectivity index (χ1) is 13.1. The van der Waals surface area contributed by atoms with Gasteiger partial charge in [-0.15, -0.1) is 10.2 Å². The van der Waals surface area contributed by atoms with Crippen LogP contribution in [0.25, 0.3) is 11.4 Å². The first kappa shape index (κ1) is 19.7. The number of hydrogen-bond donors (Lipinski definition) is 1. The van der Waals surface area contributed by atoms with Gasteiger partial charge in [0.05, 0.1) is 18.4 Å². The zero-order chi connectivity index (χ0) is 19.2. The maximum absolute atomic E-state index is 12.3. The maximum atomic E-state index is 12.3. The Morgan fingerprint density at radius 3 is 2.67 bits per heavy atom. The molecule has 27 heavy (non-hydrogen) atoms. The van der Waals surface area contributed by atoms with Crippen LogP contribution in [0.5, 0.6) is 5.75 Å². The molecule has 0 unspecified atom stereocenters. The molecule has 2 heterocycles. The lowest BCUT2D eigenvalue weighted by molar-refractivity contribution is -0.127. The number of carbonyl (C=O) groups is 1. The van der Waals surface area contributed by atoms with Crippen molar-refractivity contribution in [2.24, 2.45) is 0 Å². The predicted molar refractivity (Wildman–Crippen MR) is 105 cm³/mol. The third kappa shape index (κ3) is 4.81. The normalized spacial score (nSPS) is 16.6. The summed E-state index contributed by atoms with van der Waals surface area (Å²) in [6.07, 6.45) is 2.20. The third-order valence-electron chi connectivity index (χ3n) is 4.69. The van der Waals surface area contributed by atoms with E-state index in [9.17, 15) is 9.90 Å². The number of hydrogen-bond acceptors (Lipinski definition) is 6. The van der Waals surface area contributed by atoms with Crippen molar-refractivity contribution in [1.82, 2.24) is 19.7 Å². The summed E-state index contributed by atoms with van der Waals surface area (Å²) in [6.45, 7) is 6.81. The minimum Gasteiger partial charge on any atom is -0.508 e. The molecule has 1 saturated heterocycles.